The van der Waals surface area contributed by atoms with Crippen molar-refractivity contribution in [2.24, 2.45) is 10.7 Å². The van der Waals surface area contributed by atoms with Crippen LogP contribution in [0.15, 0.2) is 17.1 Å². The van der Waals surface area contributed by atoms with Crippen LogP contribution in [-0.4, -0.2) is 64.9 Å². The number of aliphatic imine (C=N–C) groups is 1. The van der Waals surface area contributed by atoms with Crippen LogP contribution in [0.25, 0.3) is 6.08 Å². The first kappa shape index (κ1) is 15.2. The topological polar surface area (TPSA) is 97.4 Å². The lowest BCUT2D eigenvalue weighted by atomic mass is 10.2. The van der Waals surface area contributed by atoms with E-state index in [1.807, 2.05) is 25.1 Å². The molecule has 0 aromatic carbocycles. The third-order valence-corrected chi connectivity index (χ3v) is 3.42. The molecule has 1 aliphatic heterocycles. The Balaban J connectivity index is 1.91. The Labute approximate surface area is 125 Å². The number of likely N-dealkylation sites (N-methyl/N-ethyl adjacent to an activating group) is 1. The number of hydrogen-bond donors (Lipinski definition) is 3. The summed E-state index contributed by atoms with van der Waals surface area (Å²) in [6, 6.07) is 1.83. The van der Waals surface area contributed by atoms with E-state index in [1.165, 1.54) is 0 Å². The zero-order valence-electron chi connectivity index (χ0n) is 12.6. The molecule has 114 valence electrons. The zero-order chi connectivity index (χ0) is 15.2. The van der Waals surface area contributed by atoms with Gasteiger partial charge in [-0.05, 0) is 20.0 Å². The lowest BCUT2D eigenvalue weighted by Gasteiger charge is -2.34. The SMILES string of the molecule is C/C=C/c1cc(N=C(N)CC(=N)N2CCN(C)CC2)n[nH]1. The lowest BCUT2D eigenvalue weighted by Crippen LogP contribution is -2.47. The highest BCUT2D eigenvalue weighted by Gasteiger charge is 2.17. The second-order valence-corrected chi connectivity index (χ2v) is 5.20. The molecule has 1 aromatic rings. The molecule has 0 atom stereocenters. The number of H-pyrrole nitrogens is 1. The minimum absolute atomic E-state index is 0.357. The Kier molecular flexibility index (Phi) is 5.10. The van der Waals surface area contributed by atoms with E-state index >= 15 is 0 Å². The third kappa shape index (κ3) is 4.42. The molecular formula is C14H23N7. The van der Waals surface area contributed by atoms with E-state index < -0.39 is 0 Å². The van der Waals surface area contributed by atoms with E-state index in [1.54, 1.807) is 0 Å². The molecule has 1 saturated heterocycles. The maximum atomic E-state index is 8.12. The van der Waals surface area contributed by atoms with Gasteiger partial charge in [-0.15, -0.1) is 0 Å². The summed E-state index contributed by atoms with van der Waals surface area (Å²) in [6.07, 6.45) is 4.19. The van der Waals surface area contributed by atoms with Crippen LogP contribution in [0.5, 0.6) is 0 Å². The van der Waals surface area contributed by atoms with E-state index in [0.717, 1.165) is 31.9 Å². The summed E-state index contributed by atoms with van der Waals surface area (Å²) in [4.78, 5) is 8.56. The van der Waals surface area contributed by atoms with Crippen LogP contribution in [0.4, 0.5) is 5.82 Å². The standard InChI is InChI=1S/C14H23N7/c1-3-4-11-9-14(19-18-11)17-12(15)10-13(16)21-7-5-20(2)6-8-21/h3-4,9,16H,5-8,10H2,1-2H3,(H3,15,17,18,19)/b4-3+,16-13?. The number of amidine groups is 2. The number of rotatable bonds is 4. The van der Waals surface area contributed by atoms with Crippen molar-refractivity contribution in [3.05, 3.63) is 17.8 Å². The van der Waals surface area contributed by atoms with Gasteiger partial charge in [0.1, 0.15) is 11.7 Å². The minimum Gasteiger partial charge on any atom is -0.387 e. The van der Waals surface area contributed by atoms with Gasteiger partial charge in [0.25, 0.3) is 0 Å². The fraction of sp³-hybridized carbons (Fsp3) is 0.500. The average Bonchev–Trinajstić information content (AvgIpc) is 2.87. The molecular weight excluding hydrogens is 266 g/mol. The Morgan fingerprint density at radius 3 is 2.86 bits per heavy atom. The van der Waals surface area contributed by atoms with Gasteiger partial charge in [-0.25, -0.2) is 4.99 Å². The Morgan fingerprint density at radius 1 is 1.48 bits per heavy atom. The molecule has 21 heavy (non-hydrogen) atoms. The molecule has 1 aromatic heterocycles. The van der Waals surface area contributed by atoms with Crippen molar-refractivity contribution in [1.82, 2.24) is 20.0 Å². The lowest BCUT2D eigenvalue weighted by molar-refractivity contribution is 0.213. The van der Waals surface area contributed by atoms with Crippen LogP contribution < -0.4 is 5.73 Å². The highest BCUT2D eigenvalue weighted by molar-refractivity contribution is 6.01. The van der Waals surface area contributed by atoms with E-state index in [9.17, 15) is 0 Å². The molecule has 0 aliphatic carbocycles. The molecule has 2 rings (SSSR count). The molecule has 0 radical (unpaired) electrons. The molecule has 2 heterocycles. The van der Waals surface area contributed by atoms with E-state index in [-0.39, 0.29) is 0 Å². The van der Waals surface area contributed by atoms with Crippen LogP contribution in [0.1, 0.15) is 19.0 Å². The van der Waals surface area contributed by atoms with E-state index in [4.69, 9.17) is 11.1 Å². The highest BCUT2D eigenvalue weighted by atomic mass is 15.3. The van der Waals surface area contributed by atoms with Crippen LogP contribution in [-0.2, 0) is 0 Å². The van der Waals surface area contributed by atoms with Crippen LogP contribution in [0.2, 0.25) is 0 Å². The molecule has 1 fully saturated rings. The third-order valence-electron chi connectivity index (χ3n) is 3.42. The van der Waals surface area contributed by atoms with Crippen molar-refractivity contribution < 1.29 is 0 Å². The van der Waals surface area contributed by atoms with Gasteiger partial charge in [-0.1, -0.05) is 6.08 Å². The molecule has 0 unspecified atom stereocenters. The zero-order valence-corrected chi connectivity index (χ0v) is 12.6. The van der Waals surface area contributed by atoms with Gasteiger partial charge in [0, 0.05) is 32.2 Å². The van der Waals surface area contributed by atoms with Crippen molar-refractivity contribution in [3.8, 4) is 0 Å². The van der Waals surface area contributed by atoms with Crippen LogP contribution in [0, 0.1) is 5.41 Å². The average molecular weight is 289 g/mol. The number of allylic oxidation sites excluding steroid dienone is 1. The fourth-order valence-electron chi connectivity index (χ4n) is 2.19. The number of nitrogens with zero attached hydrogens (tertiary/aromatic N) is 4. The van der Waals surface area contributed by atoms with Crippen molar-refractivity contribution >= 4 is 23.6 Å². The summed E-state index contributed by atoms with van der Waals surface area (Å²) in [6.45, 7) is 5.64. The molecule has 0 amide bonds. The normalized spacial score (nSPS) is 17.6. The Hall–Kier alpha value is -2.15. The molecule has 0 saturated carbocycles. The first-order chi connectivity index (χ1) is 10.1. The van der Waals surface area contributed by atoms with Gasteiger partial charge >= 0.3 is 0 Å². The quantitative estimate of drug-likeness (QED) is 0.570. The number of aromatic nitrogens is 2. The molecule has 4 N–H and O–H groups in total. The largest absolute Gasteiger partial charge is 0.387 e. The van der Waals surface area contributed by atoms with Crippen LogP contribution >= 0.6 is 0 Å². The van der Waals surface area contributed by atoms with Gasteiger partial charge < -0.3 is 15.5 Å². The van der Waals surface area contributed by atoms with Crippen molar-refractivity contribution in [2.45, 2.75) is 13.3 Å². The predicted octanol–water partition coefficient (Wildman–Crippen LogP) is 1.05. The predicted molar refractivity (Wildman–Crippen MR) is 86.0 cm³/mol. The van der Waals surface area contributed by atoms with Gasteiger partial charge in [0.05, 0.1) is 12.1 Å². The fourth-order valence-corrected chi connectivity index (χ4v) is 2.19. The van der Waals surface area contributed by atoms with Crippen molar-refractivity contribution in [1.29, 1.82) is 5.41 Å². The second kappa shape index (κ2) is 7.03. The number of nitrogens with two attached hydrogens (primary N) is 1. The molecule has 0 bridgehead atoms. The van der Waals surface area contributed by atoms with Crippen molar-refractivity contribution in [3.63, 3.8) is 0 Å². The molecule has 1 aliphatic rings. The monoisotopic (exact) mass is 289 g/mol. The summed E-state index contributed by atoms with van der Waals surface area (Å²) < 4.78 is 0. The smallest absolute Gasteiger partial charge is 0.175 e. The summed E-state index contributed by atoms with van der Waals surface area (Å²) in [7, 11) is 2.09. The molecule has 0 spiro atoms. The molecule has 7 nitrogen and oxygen atoms in total. The Bertz CT molecular complexity index is 535. The van der Waals surface area contributed by atoms with Gasteiger partial charge in [-0.3, -0.25) is 10.5 Å². The number of piperazine rings is 1. The summed E-state index contributed by atoms with van der Waals surface area (Å²) in [5, 5.41) is 15.1. The highest BCUT2D eigenvalue weighted by Crippen LogP contribution is 2.11. The first-order valence-corrected chi connectivity index (χ1v) is 7.10. The van der Waals surface area contributed by atoms with Gasteiger partial charge in [-0.2, -0.15) is 5.10 Å². The molecule has 7 heteroatoms. The van der Waals surface area contributed by atoms with Crippen LogP contribution in [0.3, 0.4) is 0 Å². The first-order valence-electron chi connectivity index (χ1n) is 7.10. The van der Waals surface area contributed by atoms with Gasteiger partial charge in [0.15, 0.2) is 5.82 Å². The summed E-state index contributed by atoms with van der Waals surface area (Å²) in [5.74, 6) is 1.48. The van der Waals surface area contributed by atoms with E-state index in [0.29, 0.717) is 23.9 Å². The van der Waals surface area contributed by atoms with Crippen molar-refractivity contribution in [2.75, 3.05) is 33.2 Å². The minimum atomic E-state index is 0.357. The summed E-state index contributed by atoms with van der Waals surface area (Å²) >= 11 is 0. The Morgan fingerprint density at radius 2 is 2.19 bits per heavy atom. The maximum absolute atomic E-state index is 8.12. The summed E-state index contributed by atoms with van der Waals surface area (Å²) in [5.41, 5.74) is 6.81. The maximum Gasteiger partial charge on any atom is 0.175 e. The number of nitrogens with one attached hydrogen (secondary N) is 2. The van der Waals surface area contributed by atoms with Gasteiger partial charge in [0.2, 0.25) is 0 Å². The van der Waals surface area contributed by atoms with E-state index in [2.05, 4.69) is 32.0 Å². The second-order valence-electron chi connectivity index (χ2n) is 5.20. The number of hydrogen-bond acceptors (Lipinski definition) is 4. The number of aromatic amines is 1.